The topological polar surface area (TPSA) is 20.3 Å². The van der Waals surface area contributed by atoms with Crippen molar-refractivity contribution in [3.8, 4) is 0 Å². The fraction of sp³-hybridized carbons (Fsp3) is 0.577. The SMILES string of the molecule is CC1(C)C2=C(CCC(N3CCCC4CCC=CC43)=C2)C2C=CC(C=O)=CC21C. The summed E-state index contributed by atoms with van der Waals surface area (Å²) in [4.78, 5) is 14.2. The number of carbonyl (C=O) groups is 1. The number of allylic oxidation sites excluding steroid dienone is 9. The van der Waals surface area contributed by atoms with Crippen LogP contribution in [0.2, 0.25) is 0 Å². The van der Waals surface area contributed by atoms with Crippen LogP contribution in [0.1, 0.15) is 59.3 Å². The van der Waals surface area contributed by atoms with Crippen LogP contribution < -0.4 is 0 Å². The third-order valence-corrected chi connectivity index (χ3v) is 8.66. The van der Waals surface area contributed by atoms with Crippen LogP contribution in [0.4, 0.5) is 0 Å². The van der Waals surface area contributed by atoms with Crippen molar-refractivity contribution in [1.82, 2.24) is 4.90 Å². The molecule has 0 aromatic carbocycles. The predicted molar refractivity (Wildman–Crippen MR) is 115 cm³/mol. The molecule has 1 saturated heterocycles. The molecule has 28 heavy (non-hydrogen) atoms. The molecule has 5 aliphatic rings. The average molecular weight is 376 g/mol. The molecule has 4 atom stereocenters. The number of aldehydes is 1. The van der Waals surface area contributed by atoms with Gasteiger partial charge in [-0.05, 0) is 61.5 Å². The van der Waals surface area contributed by atoms with E-state index < -0.39 is 0 Å². The molecule has 4 aliphatic carbocycles. The van der Waals surface area contributed by atoms with Crippen LogP contribution >= 0.6 is 0 Å². The van der Waals surface area contributed by atoms with E-state index in [1.165, 1.54) is 37.8 Å². The first kappa shape index (κ1) is 18.2. The number of hydrogen-bond donors (Lipinski definition) is 0. The van der Waals surface area contributed by atoms with Gasteiger partial charge >= 0.3 is 0 Å². The Morgan fingerprint density at radius 2 is 2.00 bits per heavy atom. The summed E-state index contributed by atoms with van der Waals surface area (Å²) in [5.41, 5.74) is 5.57. The van der Waals surface area contributed by atoms with E-state index in [0.717, 1.165) is 30.6 Å². The first-order chi connectivity index (χ1) is 13.5. The fourth-order valence-corrected chi connectivity index (χ4v) is 6.72. The third-order valence-electron chi connectivity index (χ3n) is 8.66. The van der Waals surface area contributed by atoms with Crippen LogP contribution in [0.25, 0.3) is 0 Å². The van der Waals surface area contributed by atoms with Crippen LogP contribution in [-0.4, -0.2) is 23.8 Å². The van der Waals surface area contributed by atoms with Crippen LogP contribution in [0.15, 0.2) is 58.9 Å². The highest BCUT2D eigenvalue weighted by atomic mass is 16.1. The molecule has 0 N–H and O–H groups in total. The van der Waals surface area contributed by atoms with Crippen molar-refractivity contribution in [3.05, 3.63) is 58.9 Å². The lowest BCUT2D eigenvalue weighted by molar-refractivity contribution is -0.104. The van der Waals surface area contributed by atoms with E-state index in [9.17, 15) is 4.79 Å². The second-order valence-electron chi connectivity index (χ2n) is 10.2. The lowest BCUT2D eigenvalue weighted by Gasteiger charge is -2.45. The molecule has 0 radical (unpaired) electrons. The van der Waals surface area contributed by atoms with Crippen LogP contribution in [0.5, 0.6) is 0 Å². The minimum atomic E-state index is -0.0101. The summed E-state index contributed by atoms with van der Waals surface area (Å²) in [6, 6.07) is 0.611. The van der Waals surface area contributed by atoms with E-state index in [4.69, 9.17) is 0 Å². The summed E-state index contributed by atoms with van der Waals surface area (Å²) in [6.07, 6.45) is 22.7. The molecule has 4 unspecified atom stereocenters. The van der Waals surface area contributed by atoms with E-state index in [1.807, 2.05) is 6.08 Å². The summed E-state index contributed by atoms with van der Waals surface area (Å²) in [6.45, 7) is 8.34. The monoisotopic (exact) mass is 375 g/mol. The van der Waals surface area contributed by atoms with E-state index in [1.54, 1.807) is 11.3 Å². The van der Waals surface area contributed by atoms with Gasteiger partial charge in [0.15, 0.2) is 0 Å². The fourth-order valence-electron chi connectivity index (χ4n) is 6.72. The van der Waals surface area contributed by atoms with Crippen molar-refractivity contribution in [1.29, 1.82) is 0 Å². The number of hydrogen-bond acceptors (Lipinski definition) is 2. The molecule has 0 aromatic heterocycles. The van der Waals surface area contributed by atoms with Crippen molar-refractivity contribution >= 4 is 6.29 Å². The van der Waals surface area contributed by atoms with Gasteiger partial charge in [0.2, 0.25) is 0 Å². The zero-order valence-electron chi connectivity index (χ0n) is 17.6. The highest BCUT2D eigenvalue weighted by molar-refractivity contribution is 5.79. The summed E-state index contributed by atoms with van der Waals surface area (Å²) in [7, 11) is 0. The van der Waals surface area contributed by atoms with E-state index in [-0.39, 0.29) is 10.8 Å². The Bertz CT molecular complexity index is 852. The molecule has 0 bridgehead atoms. The molecule has 2 nitrogen and oxygen atoms in total. The second-order valence-corrected chi connectivity index (χ2v) is 10.2. The van der Waals surface area contributed by atoms with Crippen molar-refractivity contribution in [2.45, 2.75) is 65.3 Å². The van der Waals surface area contributed by atoms with Gasteiger partial charge in [0, 0.05) is 35.2 Å². The van der Waals surface area contributed by atoms with Crippen LogP contribution in [0.3, 0.4) is 0 Å². The summed E-state index contributed by atoms with van der Waals surface area (Å²) < 4.78 is 0. The van der Waals surface area contributed by atoms with Crippen LogP contribution in [0, 0.1) is 22.7 Å². The Labute approximate surface area is 169 Å². The molecule has 1 fully saturated rings. The van der Waals surface area contributed by atoms with E-state index >= 15 is 0 Å². The maximum atomic E-state index is 11.5. The van der Waals surface area contributed by atoms with Gasteiger partial charge in [-0.2, -0.15) is 0 Å². The standard InChI is InChI=1S/C26H33NO/c1-25(2)23-15-20(27-14-6-8-19-7-4-5-9-24(19)27)11-12-21(23)22-13-10-18(17-28)16-26(22,25)3/h5,9-10,13,15-17,19,22,24H,4,6-8,11-12,14H2,1-3H3. The number of rotatable bonds is 2. The molecular weight excluding hydrogens is 342 g/mol. The lowest BCUT2D eigenvalue weighted by atomic mass is 9.60. The highest BCUT2D eigenvalue weighted by Crippen LogP contribution is 2.64. The Balaban J connectivity index is 1.53. The summed E-state index contributed by atoms with van der Waals surface area (Å²) in [5, 5.41) is 0. The second kappa shape index (κ2) is 6.34. The molecule has 5 rings (SSSR count). The van der Waals surface area contributed by atoms with Gasteiger partial charge in [-0.3, -0.25) is 4.79 Å². The molecule has 0 aromatic rings. The van der Waals surface area contributed by atoms with E-state index in [0.29, 0.717) is 12.0 Å². The Morgan fingerprint density at radius 1 is 1.14 bits per heavy atom. The number of fused-ring (bicyclic) bond motifs is 3. The minimum absolute atomic E-state index is 0.0101. The van der Waals surface area contributed by atoms with Gasteiger partial charge in [0.1, 0.15) is 6.29 Å². The normalized spacial score (nSPS) is 38.4. The number of carbonyl (C=O) groups excluding carboxylic acids is 1. The largest absolute Gasteiger partial charge is 0.368 e. The van der Waals surface area contributed by atoms with Crippen molar-refractivity contribution in [3.63, 3.8) is 0 Å². The maximum absolute atomic E-state index is 11.5. The van der Waals surface area contributed by atoms with Crippen molar-refractivity contribution in [2.24, 2.45) is 22.7 Å². The van der Waals surface area contributed by atoms with E-state index in [2.05, 4.69) is 56.1 Å². The molecule has 1 aliphatic heterocycles. The highest BCUT2D eigenvalue weighted by Gasteiger charge is 2.55. The molecule has 0 amide bonds. The molecule has 2 heteroatoms. The van der Waals surface area contributed by atoms with Gasteiger partial charge in [-0.25, -0.2) is 0 Å². The van der Waals surface area contributed by atoms with Gasteiger partial charge in [-0.15, -0.1) is 0 Å². The quantitative estimate of drug-likeness (QED) is 0.452. The lowest BCUT2D eigenvalue weighted by Crippen LogP contribution is -2.44. The first-order valence-electron chi connectivity index (χ1n) is 11.2. The first-order valence-corrected chi connectivity index (χ1v) is 11.2. The Kier molecular flexibility index (Phi) is 4.12. The predicted octanol–water partition coefficient (Wildman–Crippen LogP) is 5.75. The zero-order valence-corrected chi connectivity index (χ0v) is 17.6. The molecule has 148 valence electrons. The van der Waals surface area contributed by atoms with Gasteiger partial charge in [0.05, 0.1) is 0 Å². The number of nitrogens with zero attached hydrogens (tertiary/aromatic N) is 1. The molecule has 1 heterocycles. The number of piperidine rings is 1. The average Bonchev–Trinajstić information content (AvgIpc) is 2.89. The maximum Gasteiger partial charge on any atom is 0.149 e. The van der Waals surface area contributed by atoms with Gasteiger partial charge < -0.3 is 4.90 Å². The molecule has 0 spiro atoms. The van der Waals surface area contributed by atoms with Crippen molar-refractivity contribution < 1.29 is 4.79 Å². The Hall–Kier alpha value is -1.83. The van der Waals surface area contributed by atoms with Gasteiger partial charge in [-0.1, -0.05) is 56.7 Å². The molecule has 0 saturated carbocycles. The minimum Gasteiger partial charge on any atom is -0.368 e. The summed E-state index contributed by atoms with van der Waals surface area (Å²) in [5.74, 6) is 1.27. The molecular formula is C26H33NO. The van der Waals surface area contributed by atoms with Crippen LogP contribution in [-0.2, 0) is 4.79 Å². The van der Waals surface area contributed by atoms with Crippen molar-refractivity contribution in [2.75, 3.05) is 6.54 Å². The van der Waals surface area contributed by atoms with Gasteiger partial charge in [0.25, 0.3) is 0 Å². The number of likely N-dealkylation sites (tertiary alicyclic amines) is 1. The zero-order chi connectivity index (χ0) is 19.5. The third kappa shape index (κ3) is 2.42. The Morgan fingerprint density at radius 3 is 2.82 bits per heavy atom. The summed E-state index contributed by atoms with van der Waals surface area (Å²) >= 11 is 0. The smallest absolute Gasteiger partial charge is 0.149 e.